The number of hydrogen-bond acceptors (Lipinski definition) is 5. The predicted molar refractivity (Wildman–Crippen MR) is 92.9 cm³/mol. The second kappa shape index (κ2) is 8.71. The van der Waals surface area contributed by atoms with E-state index in [2.05, 4.69) is 5.32 Å². The molecule has 0 spiro atoms. The number of carbonyl (C=O) groups is 2. The van der Waals surface area contributed by atoms with Crippen LogP contribution in [0, 0.1) is 5.92 Å². The zero-order chi connectivity index (χ0) is 18.4. The molecule has 1 aliphatic heterocycles. The Bertz CT molecular complexity index is 619. The van der Waals surface area contributed by atoms with Gasteiger partial charge in [0.05, 0.1) is 32.7 Å². The summed E-state index contributed by atoms with van der Waals surface area (Å²) < 4.78 is 10.6. The van der Waals surface area contributed by atoms with Crippen molar-refractivity contribution in [3.8, 4) is 11.5 Å². The van der Waals surface area contributed by atoms with Gasteiger partial charge in [-0.2, -0.15) is 0 Å². The van der Waals surface area contributed by atoms with Crippen LogP contribution in [0.15, 0.2) is 18.2 Å². The van der Waals surface area contributed by atoms with Crippen molar-refractivity contribution in [3.63, 3.8) is 0 Å². The highest BCUT2D eigenvalue weighted by Gasteiger charge is 2.26. The number of rotatable bonds is 7. The summed E-state index contributed by atoms with van der Waals surface area (Å²) >= 11 is 0. The number of carbonyl (C=O) groups excluding carboxylic acids is 1. The Kier molecular flexibility index (Phi) is 6.64. The molecular weight excluding hydrogens is 324 g/mol. The number of nitrogens with zero attached hydrogens (tertiary/aromatic N) is 1. The highest BCUT2D eigenvalue weighted by atomic mass is 16.5. The SMILES string of the molecule is COc1ccc(OC)c(C(C)NC(=O)CN2CCCC(C(=O)O)C2)c1. The van der Waals surface area contributed by atoms with Crippen LogP contribution in [0.2, 0.25) is 0 Å². The van der Waals surface area contributed by atoms with E-state index in [0.717, 1.165) is 18.5 Å². The van der Waals surface area contributed by atoms with Gasteiger partial charge in [0.25, 0.3) is 0 Å². The molecule has 7 nitrogen and oxygen atoms in total. The Labute approximate surface area is 147 Å². The highest BCUT2D eigenvalue weighted by Crippen LogP contribution is 2.29. The van der Waals surface area contributed by atoms with Crippen molar-refractivity contribution in [2.75, 3.05) is 33.9 Å². The van der Waals surface area contributed by atoms with Gasteiger partial charge in [-0.15, -0.1) is 0 Å². The molecule has 2 N–H and O–H groups in total. The normalized spacial score (nSPS) is 19.1. The minimum Gasteiger partial charge on any atom is -0.497 e. The number of carboxylic acid groups (broad SMARTS) is 1. The third kappa shape index (κ3) is 5.09. The Morgan fingerprint density at radius 1 is 1.36 bits per heavy atom. The van der Waals surface area contributed by atoms with Crippen LogP contribution in [-0.2, 0) is 9.59 Å². The van der Waals surface area contributed by atoms with E-state index in [1.165, 1.54) is 0 Å². The number of amides is 1. The van der Waals surface area contributed by atoms with Gasteiger partial charge in [0.1, 0.15) is 11.5 Å². The summed E-state index contributed by atoms with van der Waals surface area (Å²) in [5, 5.41) is 12.1. The molecule has 1 aromatic rings. The van der Waals surface area contributed by atoms with E-state index in [9.17, 15) is 9.59 Å². The Balaban J connectivity index is 1.97. The fourth-order valence-corrected chi connectivity index (χ4v) is 3.15. The number of ether oxygens (including phenoxy) is 2. The molecule has 1 saturated heterocycles. The van der Waals surface area contributed by atoms with Gasteiger partial charge >= 0.3 is 5.97 Å². The lowest BCUT2D eigenvalue weighted by molar-refractivity contribution is -0.144. The quantitative estimate of drug-likeness (QED) is 0.778. The molecule has 1 aliphatic rings. The highest BCUT2D eigenvalue weighted by molar-refractivity contribution is 5.79. The lowest BCUT2D eigenvalue weighted by Gasteiger charge is -2.30. The van der Waals surface area contributed by atoms with Crippen molar-refractivity contribution < 1.29 is 24.2 Å². The average molecular weight is 350 g/mol. The monoisotopic (exact) mass is 350 g/mol. The number of aliphatic carboxylic acids is 1. The van der Waals surface area contributed by atoms with Crippen molar-refractivity contribution in [1.29, 1.82) is 0 Å². The first-order chi connectivity index (χ1) is 11.9. The van der Waals surface area contributed by atoms with Crippen molar-refractivity contribution >= 4 is 11.9 Å². The lowest BCUT2D eigenvalue weighted by Crippen LogP contribution is -2.44. The zero-order valence-electron chi connectivity index (χ0n) is 14.9. The van der Waals surface area contributed by atoms with E-state index in [1.54, 1.807) is 26.4 Å². The van der Waals surface area contributed by atoms with Gasteiger partial charge in [-0.05, 0) is 44.5 Å². The molecule has 0 aromatic heterocycles. The first kappa shape index (κ1) is 19.1. The first-order valence-electron chi connectivity index (χ1n) is 8.41. The maximum atomic E-state index is 12.4. The molecular formula is C18H26N2O5. The Hall–Kier alpha value is -2.28. The van der Waals surface area contributed by atoms with Crippen LogP contribution in [0.25, 0.3) is 0 Å². The Morgan fingerprint density at radius 3 is 2.76 bits per heavy atom. The smallest absolute Gasteiger partial charge is 0.307 e. The molecule has 138 valence electrons. The molecule has 0 aliphatic carbocycles. The van der Waals surface area contributed by atoms with Crippen molar-refractivity contribution in [2.24, 2.45) is 5.92 Å². The van der Waals surface area contributed by atoms with E-state index in [4.69, 9.17) is 14.6 Å². The average Bonchev–Trinajstić information content (AvgIpc) is 2.61. The van der Waals surface area contributed by atoms with Crippen LogP contribution in [-0.4, -0.2) is 55.7 Å². The van der Waals surface area contributed by atoms with Gasteiger partial charge in [0.15, 0.2) is 0 Å². The summed E-state index contributed by atoms with van der Waals surface area (Å²) in [6, 6.07) is 5.19. The molecule has 0 radical (unpaired) electrons. The molecule has 1 heterocycles. The Morgan fingerprint density at radius 2 is 2.12 bits per heavy atom. The van der Waals surface area contributed by atoms with Gasteiger partial charge in [0, 0.05) is 12.1 Å². The number of carboxylic acids is 1. The summed E-state index contributed by atoms with van der Waals surface area (Å²) in [6.45, 7) is 3.24. The summed E-state index contributed by atoms with van der Waals surface area (Å²) in [5.74, 6) is 0.0511. The second-order valence-electron chi connectivity index (χ2n) is 6.31. The molecule has 0 saturated carbocycles. The van der Waals surface area contributed by atoms with Gasteiger partial charge in [-0.3, -0.25) is 14.5 Å². The van der Waals surface area contributed by atoms with Gasteiger partial charge in [0.2, 0.25) is 5.91 Å². The number of piperidine rings is 1. The van der Waals surface area contributed by atoms with E-state index in [-0.39, 0.29) is 18.5 Å². The molecule has 7 heteroatoms. The summed E-state index contributed by atoms with van der Waals surface area (Å²) in [6.07, 6.45) is 1.47. The van der Waals surface area contributed by atoms with Crippen LogP contribution in [0.3, 0.4) is 0 Å². The van der Waals surface area contributed by atoms with Crippen molar-refractivity contribution in [3.05, 3.63) is 23.8 Å². The maximum absolute atomic E-state index is 12.4. The largest absolute Gasteiger partial charge is 0.497 e. The molecule has 2 rings (SSSR count). The van der Waals surface area contributed by atoms with Gasteiger partial charge in [-0.1, -0.05) is 0 Å². The molecule has 2 unspecified atom stereocenters. The summed E-state index contributed by atoms with van der Waals surface area (Å²) in [5.41, 5.74) is 0.831. The molecule has 2 atom stereocenters. The third-order valence-corrected chi connectivity index (χ3v) is 4.50. The standard InChI is InChI=1S/C18H26N2O5/c1-12(15-9-14(24-2)6-7-16(15)25-3)19-17(21)11-20-8-4-5-13(10-20)18(22)23/h6-7,9,12-13H,4-5,8,10-11H2,1-3H3,(H,19,21)(H,22,23). The predicted octanol–water partition coefficient (Wildman–Crippen LogP) is 1.68. The minimum absolute atomic E-state index is 0.136. The fourth-order valence-electron chi connectivity index (χ4n) is 3.15. The molecule has 1 fully saturated rings. The number of methoxy groups -OCH3 is 2. The van der Waals surface area contributed by atoms with Crippen LogP contribution < -0.4 is 14.8 Å². The van der Waals surface area contributed by atoms with E-state index >= 15 is 0 Å². The second-order valence-corrected chi connectivity index (χ2v) is 6.31. The molecule has 1 amide bonds. The number of nitrogens with one attached hydrogen (secondary N) is 1. The minimum atomic E-state index is -0.792. The summed E-state index contributed by atoms with van der Waals surface area (Å²) in [7, 11) is 3.17. The third-order valence-electron chi connectivity index (χ3n) is 4.50. The van der Waals surface area contributed by atoms with Crippen LogP contribution in [0.4, 0.5) is 0 Å². The topological polar surface area (TPSA) is 88.1 Å². The zero-order valence-corrected chi connectivity index (χ0v) is 14.9. The maximum Gasteiger partial charge on any atom is 0.307 e. The number of hydrogen-bond donors (Lipinski definition) is 2. The van der Waals surface area contributed by atoms with Crippen LogP contribution in [0.1, 0.15) is 31.4 Å². The van der Waals surface area contributed by atoms with Crippen LogP contribution in [0.5, 0.6) is 11.5 Å². The molecule has 0 bridgehead atoms. The van der Waals surface area contributed by atoms with Gasteiger partial charge in [-0.25, -0.2) is 0 Å². The van der Waals surface area contributed by atoms with Crippen molar-refractivity contribution in [1.82, 2.24) is 10.2 Å². The van der Waals surface area contributed by atoms with E-state index in [1.807, 2.05) is 17.9 Å². The fraction of sp³-hybridized carbons (Fsp3) is 0.556. The van der Waals surface area contributed by atoms with Crippen molar-refractivity contribution in [2.45, 2.75) is 25.8 Å². The van der Waals surface area contributed by atoms with E-state index in [0.29, 0.717) is 24.5 Å². The lowest BCUT2D eigenvalue weighted by atomic mass is 9.98. The van der Waals surface area contributed by atoms with Gasteiger partial charge < -0.3 is 19.9 Å². The number of benzene rings is 1. The number of likely N-dealkylation sites (tertiary alicyclic amines) is 1. The summed E-state index contributed by atoms with van der Waals surface area (Å²) in [4.78, 5) is 25.4. The van der Waals surface area contributed by atoms with Crippen LogP contribution >= 0.6 is 0 Å². The molecule has 1 aromatic carbocycles. The molecule has 25 heavy (non-hydrogen) atoms. The first-order valence-corrected chi connectivity index (χ1v) is 8.41. The van der Waals surface area contributed by atoms with E-state index < -0.39 is 11.9 Å².